The lowest BCUT2D eigenvalue weighted by Crippen LogP contribution is -2.24. The average molecular weight is 466 g/mol. The molecule has 0 saturated heterocycles. The Hall–Kier alpha value is -4.39. The first-order valence-corrected chi connectivity index (χ1v) is 11.6. The summed E-state index contributed by atoms with van der Waals surface area (Å²) in [5.74, 6) is 1.14. The minimum absolute atomic E-state index is 0.196. The highest BCUT2D eigenvalue weighted by molar-refractivity contribution is 6.12. The van der Waals surface area contributed by atoms with Crippen LogP contribution in [-0.4, -0.2) is 34.8 Å². The van der Waals surface area contributed by atoms with Crippen LogP contribution in [0.25, 0.3) is 22.0 Å². The van der Waals surface area contributed by atoms with Crippen molar-refractivity contribution in [1.82, 2.24) is 9.99 Å². The number of benzene rings is 3. The van der Waals surface area contributed by atoms with Gasteiger partial charge < -0.3 is 14.5 Å². The Morgan fingerprint density at radius 1 is 0.943 bits per heavy atom. The maximum absolute atomic E-state index is 13.4. The molecule has 7 heteroatoms. The van der Waals surface area contributed by atoms with Crippen LogP contribution in [0.2, 0.25) is 0 Å². The minimum atomic E-state index is -0.354. The molecular weight excluding hydrogens is 442 g/mol. The number of hydrogen-bond donors (Lipinski definition) is 1. The van der Waals surface area contributed by atoms with E-state index in [0.29, 0.717) is 42.4 Å². The number of ether oxygens (including phenoxy) is 2. The summed E-state index contributed by atoms with van der Waals surface area (Å²) >= 11 is 0. The van der Waals surface area contributed by atoms with E-state index in [1.165, 1.54) is 11.9 Å². The number of hydrazone groups is 1. The zero-order valence-corrected chi connectivity index (χ0v) is 19.2. The summed E-state index contributed by atoms with van der Waals surface area (Å²) in [6, 6.07) is 22.9. The standard InChI is InChI=1S/C28H23N3O4/c1-17(32)31-23(19-11-12-24-25(15-19)35-14-13-34-24)16-22(30-31)27-26(18-7-3-2-4-8-18)20-9-5-6-10-21(20)29-28(27)33/h2-12,15,23H,13-14,16H2,1H3,(H,29,33). The lowest BCUT2D eigenvalue weighted by Gasteiger charge is -2.23. The van der Waals surface area contributed by atoms with Gasteiger partial charge in [-0.05, 0) is 29.3 Å². The van der Waals surface area contributed by atoms with Gasteiger partial charge in [0.05, 0.1) is 17.3 Å². The van der Waals surface area contributed by atoms with E-state index in [1.54, 1.807) is 0 Å². The van der Waals surface area contributed by atoms with E-state index < -0.39 is 0 Å². The number of hydrogen-bond acceptors (Lipinski definition) is 5. The first kappa shape index (κ1) is 21.2. The van der Waals surface area contributed by atoms with Gasteiger partial charge in [-0.3, -0.25) is 9.59 Å². The summed E-state index contributed by atoms with van der Waals surface area (Å²) < 4.78 is 11.4. The number of nitrogens with one attached hydrogen (secondary N) is 1. The maximum Gasteiger partial charge on any atom is 0.258 e. The summed E-state index contributed by atoms with van der Waals surface area (Å²) in [7, 11) is 0. The van der Waals surface area contributed by atoms with Gasteiger partial charge in [0.1, 0.15) is 13.2 Å². The SMILES string of the molecule is CC(=O)N1N=C(c2c(-c3ccccc3)c3ccccc3[nH]c2=O)CC1c1ccc2c(c1)OCCO2. The Bertz CT molecular complexity index is 1540. The Balaban J connectivity index is 1.50. The first-order chi connectivity index (χ1) is 17.1. The number of carbonyl (C=O) groups is 1. The molecule has 4 aromatic rings. The second-order valence-corrected chi connectivity index (χ2v) is 8.65. The fourth-order valence-corrected chi connectivity index (χ4v) is 4.90. The van der Waals surface area contributed by atoms with Gasteiger partial charge in [0.2, 0.25) is 5.91 Å². The number of carbonyl (C=O) groups excluding carboxylic acids is 1. The molecule has 7 nitrogen and oxygen atoms in total. The van der Waals surface area contributed by atoms with Crippen LogP contribution in [0.3, 0.4) is 0 Å². The summed E-state index contributed by atoms with van der Waals surface area (Å²) in [6.45, 7) is 2.47. The molecule has 0 saturated carbocycles. The molecule has 2 aliphatic heterocycles. The second kappa shape index (κ2) is 8.43. The van der Waals surface area contributed by atoms with Crippen LogP contribution in [0, 0.1) is 0 Å². The molecule has 0 fully saturated rings. The van der Waals surface area contributed by atoms with Crippen LogP contribution in [-0.2, 0) is 4.79 Å². The number of H-pyrrole nitrogens is 1. The highest BCUT2D eigenvalue weighted by Crippen LogP contribution is 2.40. The predicted molar refractivity (Wildman–Crippen MR) is 134 cm³/mol. The van der Waals surface area contributed by atoms with Crippen molar-refractivity contribution in [3.63, 3.8) is 0 Å². The molecule has 1 unspecified atom stereocenters. The quantitative estimate of drug-likeness (QED) is 0.477. The number of aromatic nitrogens is 1. The summed E-state index contributed by atoms with van der Waals surface area (Å²) in [4.78, 5) is 29.1. The number of amides is 1. The molecule has 6 rings (SSSR count). The van der Waals surface area contributed by atoms with Crippen molar-refractivity contribution in [1.29, 1.82) is 0 Å². The van der Waals surface area contributed by atoms with E-state index in [0.717, 1.165) is 27.6 Å². The highest BCUT2D eigenvalue weighted by atomic mass is 16.6. The fourth-order valence-electron chi connectivity index (χ4n) is 4.90. The van der Waals surface area contributed by atoms with Gasteiger partial charge in [0.25, 0.3) is 5.56 Å². The molecule has 35 heavy (non-hydrogen) atoms. The van der Waals surface area contributed by atoms with Crippen molar-refractivity contribution in [3.05, 3.63) is 94.3 Å². The Morgan fingerprint density at radius 3 is 2.49 bits per heavy atom. The molecular formula is C28H23N3O4. The molecule has 0 aliphatic carbocycles. The minimum Gasteiger partial charge on any atom is -0.486 e. The van der Waals surface area contributed by atoms with Gasteiger partial charge in [-0.2, -0.15) is 5.10 Å². The van der Waals surface area contributed by atoms with Gasteiger partial charge in [-0.25, -0.2) is 5.01 Å². The van der Waals surface area contributed by atoms with Crippen molar-refractivity contribution >= 4 is 22.5 Å². The van der Waals surface area contributed by atoms with Crippen molar-refractivity contribution < 1.29 is 14.3 Å². The number of para-hydroxylation sites is 1. The highest BCUT2D eigenvalue weighted by Gasteiger charge is 2.34. The van der Waals surface area contributed by atoms with E-state index in [2.05, 4.69) is 10.1 Å². The molecule has 1 N–H and O–H groups in total. The van der Waals surface area contributed by atoms with Crippen molar-refractivity contribution in [2.75, 3.05) is 13.2 Å². The molecule has 3 heterocycles. The molecule has 2 aliphatic rings. The zero-order chi connectivity index (χ0) is 23.9. The van der Waals surface area contributed by atoms with Crippen LogP contribution >= 0.6 is 0 Å². The average Bonchev–Trinajstić information content (AvgIpc) is 3.33. The summed E-state index contributed by atoms with van der Waals surface area (Å²) in [6.07, 6.45) is 0.403. The Morgan fingerprint density at radius 2 is 1.69 bits per heavy atom. The molecule has 1 atom stereocenters. The summed E-state index contributed by atoms with van der Waals surface area (Å²) in [5, 5.41) is 7.08. The summed E-state index contributed by atoms with van der Waals surface area (Å²) in [5.41, 5.74) is 4.20. The molecule has 0 bridgehead atoms. The van der Waals surface area contributed by atoms with Crippen LogP contribution in [0.15, 0.2) is 82.7 Å². The molecule has 1 aromatic heterocycles. The van der Waals surface area contributed by atoms with Gasteiger partial charge in [0, 0.05) is 29.8 Å². The Labute approximate surface area is 201 Å². The molecule has 0 spiro atoms. The van der Waals surface area contributed by atoms with Crippen LogP contribution in [0.5, 0.6) is 11.5 Å². The monoisotopic (exact) mass is 465 g/mol. The predicted octanol–water partition coefficient (Wildman–Crippen LogP) is 4.66. The van der Waals surface area contributed by atoms with E-state index in [4.69, 9.17) is 9.47 Å². The topological polar surface area (TPSA) is 84.0 Å². The number of aromatic amines is 1. The second-order valence-electron chi connectivity index (χ2n) is 8.65. The van der Waals surface area contributed by atoms with Crippen LogP contribution in [0.1, 0.15) is 30.5 Å². The maximum atomic E-state index is 13.4. The number of pyridine rings is 1. The number of rotatable bonds is 3. The fraction of sp³-hybridized carbons (Fsp3) is 0.179. The van der Waals surface area contributed by atoms with Gasteiger partial charge in [-0.15, -0.1) is 0 Å². The zero-order valence-electron chi connectivity index (χ0n) is 19.2. The van der Waals surface area contributed by atoms with Crippen molar-refractivity contribution in [2.45, 2.75) is 19.4 Å². The van der Waals surface area contributed by atoms with E-state index >= 15 is 0 Å². The molecule has 174 valence electrons. The first-order valence-electron chi connectivity index (χ1n) is 11.6. The Kier molecular flexibility index (Phi) is 5.10. The van der Waals surface area contributed by atoms with Crippen LogP contribution < -0.4 is 15.0 Å². The largest absolute Gasteiger partial charge is 0.486 e. The van der Waals surface area contributed by atoms with Gasteiger partial charge in [-0.1, -0.05) is 54.6 Å². The smallest absolute Gasteiger partial charge is 0.258 e. The van der Waals surface area contributed by atoms with E-state index in [-0.39, 0.29) is 17.5 Å². The lowest BCUT2D eigenvalue weighted by atomic mass is 9.91. The van der Waals surface area contributed by atoms with E-state index in [9.17, 15) is 9.59 Å². The van der Waals surface area contributed by atoms with Crippen LogP contribution in [0.4, 0.5) is 0 Å². The number of nitrogens with zero attached hydrogens (tertiary/aromatic N) is 2. The van der Waals surface area contributed by atoms with Gasteiger partial charge >= 0.3 is 0 Å². The molecule has 1 amide bonds. The van der Waals surface area contributed by atoms with Crippen molar-refractivity contribution in [2.24, 2.45) is 5.10 Å². The normalized spacial score (nSPS) is 16.9. The lowest BCUT2D eigenvalue weighted by molar-refractivity contribution is -0.130. The van der Waals surface area contributed by atoms with Gasteiger partial charge in [0.15, 0.2) is 11.5 Å². The third kappa shape index (κ3) is 3.65. The van der Waals surface area contributed by atoms with E-state index in [1.807, 2.05) is 72.8 Å². The molecule has 0 radical (unpaired) electrons. The third-order valence-corrected chi connectivity index (χ3v) is 6.46. The third-order valence-electron chi connectivity index (χ3n) is 6.46. The molecule has 3 aromatic carbocycles. The number of fused-ring (bicyclic) bond motifs is 2. The van der Waals surface area contributed by atoms with Crippen molar-refractivity contribution in [3.8, 4) is 22.6 Å².